The first-order valence-electron chi connectivity index (χ1n) is 7.25. The van der Waals surface area contributed by atoms with Gasteiger partial charge in [0.25, 0.3) is 5.56 Å². The maximum atomic E-state index is 12.2. The predicted molar refractivity (Wildman–Crippen MR) is 88.3 cm³/mol. The number of hydrogen-bond donors (Lipinski definition) is 3. The van der Waals surface area contributed by atoms with Gasteiger partial charge >= 0.3 is 0 Å². The van der Waals surface area contributed by atoms with Crippen molar-refractivity contribution in [2.45, 2.75) is 13.0 Å². The number of aromatic amines is 2. The van der Waals surface area contributed by atoms with E-state index in [-0.39, 0.29) is 11.6 Å². The van der Waals surface area contributed by atoms with Crippen LogP contribution >= 0.6 is 0 Å². The highest BCUT2D eigenvalue weighted by Crippen LogP contribution is 2.21. The van der Waals surface area contributed by atoms with Crippen molar-refractivity contribution in [2.24, 2.45) is 0 Å². The van der Waals surface area contributed by atoms with Crippen molar-refractivity contribution in [1.29, 1.82) is 0 Å². The topological polar surface area (TPSA) is 99.3 Å². The number of anilines is 1. The van der Waals surface area contributed by atoms with Crippen molar-refractivity contribution in [3.63, 3.8) is 0 Å². The molecule has 1 atom stereocenters. The number of aromatic nitrogens is 5. The van der Waals surface area contributed by atoms with Gasteiger partial charge in [0, 0.05) is 11.1 Å². The standard InChI is InChI=1S/C16H14N6O/c1-9(21-15-13-14(18-7-17-13)19-8-20-15)12-6-10-4-2-3-5-11(10)16(23)22-12/h2-9H,1H3,(H,22,23)(H2,17,18,19,20,21). The first kappa shape index (κ1) is 13.4. The van der Waals surface area contributed by atoms with E-state index in [0.717, 1.165) is 16.6 Å². The summed E-state index contributed by atoms with van der Waals surface area (Å²) in [6.45, 7) is 1.96. The van der Waals surface area contributed by atoms with Gasteiger partial charge in [0.1, 0.15) is 11.8 Å². The van der Waals surface area contributed by atoms with E-state index < -0.39 is 0 Å². The third-order valence-electron chi connectivity index (χ3n) is 3.82. The quantitative estimate of drug-likeness (QED) is 0.539. The maximum Gasteiger partial charge on any atom is 0.256 e. The van der Waals surface area contributed by atoms with E-state index in [4.69, 9.17) is 0 Å². The maximum absolute atomic E-state index is 12.2. The van der Waals surface area contributed by atoms with Crippen LogP contribution in [0.15, 0.2) is 47.8 Å². The van der Waals surface area contributed by atoms with Gasteiger partial charge in [-0.1, -0.05) is 18.2 Å². The van der Waals surface area contributed by atoms with Crippen molar-refractivity contribution >= 4 is 27.8 Å². The Morgan fingerprint density at radius 1 is 1.17 bits per heavy atom. The zero-order valence-electron chi connectivity index (χ0n) is 12.4. The van der Waals surface area contributed by atoms with Gasteiger partial charge in [0.15, 0.2) is 11.5 Å². The van der Waals surface area contributed by atoms with Crippen LogP contribution in [0.5, 0.6) is 0 Å². The molecule has 0 spiro atoms. The van der Waals surface area contributed by atoms with Gasteiger partial charge < -0.3 is 15.3 Å². The fourth-order valence-electron chi connectivity index (χ4n) is 2.62. The van der Waals surface area contributed by atoms with Crippen molar-refractivity contribution in [2.75, 3.05) is 5.32 Å². The number of pyridine rings is 1. The van der Waals surface area contributed by atoms with Crippen molar-refractivity contribution in [3.8, 4) is 0 Å². The monoisotopic (exact) mass is 306 g/mol. The summed E-state index contributed by atoms with van der Waals surface area (Å²) in [7, 11) is 0. The molecule has 0 radical (unpaired) electrons. The normalized spacial score (nSPS) is 12.6. The third-order valence-corrected chi connectivity index (χ3v) is 3.82. The summed E-state index contributed by atoms with van der Waals surface area (Å²) in [4.78, 5) is 30.6. The third kappa shape index (κ3) is 2.32. The van der Waals surface area contributed by atoms with E-state index in [1.807, 2.05) is 37.3 Å². The van der Waals surface area contributed by atoms with E-state index in [9.17, 15) is 4.79 Å². The van der Waals surface area contributed by atoms with Crippen molar-refractivity contribution < 1.29 is 0 Å². The number of rotatable bonds is 3. The van der Waals surface area contributed by atoms with Gasteiger partial charge in [-0.2, -0.15) is 0 Å². The van der Waals surface area contributed by atoms with Gasteiger partial charge in [-0.15, -0.1) is 0 Å². The average Bonchev–Trinajstić information content (AvgIpc) is 3.04. The molecule has 0 bridgehead atoms. The van der Waals surface area contributed by atoms with Crippen molar-refractivity contribution in [3.05, 3.63) is 59.0 Å². The minimum Gasteiger partial charge on any atom is -0.360 e. The molecule has 3 N–H and O–H groups in total. The number of H-pyrrole nitrogens is 2. The predicted octanol–water partition coefficient (Wildman–Crippen LogP) is 2.37. The van der Waals surface area contributed by atoms with E-state index >= 15 is 0 Å². The second-order valence-electron chi connectivity index (χ2n) is 5.33. The highest BCUT2D eigenvalue weighted by molar-refractivity contribution is 5.83. The number of hydrogen-bond acceptors (Lipinski definition) is 5. The number of nitrogens with zero attached hydrogens (tertiary/aromatic N) is 3. The van der Waals surface area contributed by atoms with E-state index in [2.05, 4.69) is 30.2 Å². The number of nitrogens with one attached hydrogen (secondary N) is 3. The van der Waals surface area contributed by atoms with E-state index in [1.54, 1.807) is 6.33 Å². The Balaban J connectivity index is 1.73. The number of benzene rings is 1. The average molecular weight is 306 g/mol. The lowest BCUT2D eigenvalue weighted by Crippen LogP contribution is -2.16. The Morgan fingerprint density at radius 2 is 2.04 bits per heavy atom. The Bertz CT molecular complexity index is 1050. The molecule has 0 aliphatic rings. The summed E-state index contributed by atoms with van der Waals surface area (Å²) in [6, 6.07) is 9.36. The minimum absolute atomic E-state index is 0.0962. The molecule has 23 heavy (non-hydrogen) atoms. The molecule has 0 aliphatic carbocycles. The molecule has 0 amide bonds. The SMILES string of the molecule is CC(Nc1ncnc2nc[nH]c12)c1cc2ccccc2c(=O)[nH]1. The Morgan fingerprint density at radius 3 is 2.96 bits per heavy atom. The molecule has 0 saturated carbocycles. The molecule has 4 rings (SSSR count). The fourth-order valence-corrected chi connectivity index (χ4v) is 2.62. The van der Waals surface area contributed by atoms with Gasteiger partial charge in [-0.25, -0.2) is 15.0 Å². The molecular weight excluding hydrogens is 292 g/mol. The summed E-state index contributed by atoms with van der Waals surface area (Å²) in [5.74, 6) is 0.647. The van der Waals surface area contributed by atoms with Crippen LogP contribution in [0.25, 0.3) is 21.9 Å². The lowest BCUT2D eigenvalue weighted by molar-refractivity contribution is 0.830. The zero-order chi connectivity index (χ0) is 15.8. The molecule has 0 fully saturated rings. The van der Waals surface area contributed by atoms with E-state index in [1.165, 1.54) is 6.33 Å². The molecule has 1 aromatic carbocycles. The van der Waals surface area contributed by atoms with Gasteiger partial charge in [0.2, 0.25) is 0 Å². The summed E-state index contributed by atoms with van der Waals surface area (Å²) in [5.41, 5.74) is 2.03. The van der Waals surface area contributed by atoms with Crippen LogP contribution in [0, 0.1) is 0 Å². The highest BCUT2D eigenvalue weighted by atomic mass is 16.1. The summed E-state index contributed by atoms with van der Waals surface area (Å²) < 4.78 is 0. The van der Waals surface area contributed by atoms with Crippen molar-refractivity contribution in [1.82, 2.24) is 24.9 Å². The summed E-state index contributed by atoms with van der Waals surface area (Å²) in [6.07, 6.45) is 3.04. The van der Waals surface area contributed by atoms with Gasteiger partial charge in [0.05, 0.1) is 12.4 Å². The van der Waals surface area contributed by atoms with Crippen LogP contribution in [-0.4, -0.2) is 24.9 Å². The summed E-state index contributed by atoms with van der Waals surface area (Å²) >= 11 is 0. The molecule has 0 aliphatic heterocycles. The second-order valence-corrected chi connectivity index (χ2v) is 5.33. The molecule has 7 nitrogen and oxygen atoms in total. The Kier molecular flexibility index (Phi) is 3.04. The molecule has 7 heteroatoms. The smallest absolute Gasteiger partial charge is 0.256 e. The van der Waals surface area contributed by atoms with Crippen LogP contribution in [0.1, 0.15) is 18.7 Å². The molecule has 4 aromatic rings. The first-order chi connectivity index (χ1) is 11.2. The van der Waals surface area contributed by atoms with Gasteiger partial charge in [-0.05, 0) is 24.4 Å². The van der Waals surface area contributed by atoms with Crippen LogP contribution in [-0.2, 0) is 0 Å². The first-order valence-corrected chi connectivity index (χ1v) is 7.25. The van der Waals surface area contributed by atoms with Crippen LogP contribution < -0.4 is 10.9 Å². The lowest BCUT2D eigenvalue weighted by atomic mass is 10.1. The molecule has 0 saturated heterocycles. The molecular formula is C16H14N6O. The second kappa shape index (κ2) is 5.20. The molecule has 3 heterocycles. The molecule has 114 valence electrons. The minimum atomic E-state index is -0.131. The largest absolute Gasteiger partial charge is 0.360 e. The highest BCUT2D eigenvalue weighted by Gasteiger charge is 2.12. The van der Waals surface area contributed by atoms with Gasteiger partial charge in [-0.3, -0.25) is 4.79 Å². The number of imidazole rings is 1. The molecule has 3 aromatic heterocycles. The fraction of sp³-hybridized carbons (Fsp3) is 0.125. The zero-order valence-corrected chi connectivity index (χ0v) is 12.4. The van der Waals surface area contributed by atoms with Crippen LogP contribution in [0.3, 0.4) is 0 Å². The van der Waals surface area contributed by atoms with E-state index in [0.29, 0.717) is 16.9 Å². The Hall–Kier alpha value is -3.22. The van der Waals surface area contributed by atoms with Crippen LogP contribution in [0.2, 0.25) is 0 Å². The Labute approximate surface area is 130 Å². The summed E-state index contributed by atoms with van der Waals surface area (Å²) in [5, 5.41) is 4.88. The molecule has 1 unspecified atom stereocenters. The lowest BCUT2D eigenvalue weighted by Gasteiger charge is -2.15. The number of fused-ring (bicyclic) bond motifs is 2. The van der Waals surface area contributed by atoms with Crippen LogP contribution in [0.4, 0.5) is 5.82 Å².